The second kappa shape index (κ2) is 5.54. The molecule has 0 amide bonds. The van der Waals surface area contributed by atoms with Crippen LogP contribution in [0.5, 0.6) is 0 Å². The van der Waals surface area contributed by atoms with Crippen LogP contribution in [-0.4, -0.2) is 43.9 Å². The molecule has 8 heteroatoms. The predicted octanol–water partition coefficient (Wildman–Crippen LogP) is -1.25. The van der Waals surface area contributed by atoms with Gasteiger partial charge in [-0.05, 0) is 0 Å². The van der Waals surface area contributed by atoms with Crippen LogP contribution in [-0.2, 0) is 15.0 Å². The molecule has 0 radical (unpaired) electrons. The molecule has 80 valence electrons. The van der Waals surface area contributed by atoms with E-state index in [9.17, 15) is 13.2 Å². The van der Waals surface area contributed by atoms with Crippen molar-refractivity contribution in [1.82, 2.24) is 9.03 Å². The second-order valence-corrected chi connectivity index (χ2v) is 4.31. The molecule has 0 saturated heterocycles. The molecular formula is C6H11N3O4S. The van der Waals surface area contributed by atoms with Crippen molar-refractivity contribution in [1.29, 1.82) is 5.26 Å². The molecule has 0 aromatic rings. The first-order valence-electron chi connectivity index (χ1n) is 3.70. The molecule has 0 rings (SSSR count). The first kappa shape index (κ1) is 12.8. The van der Waals surface area contributed by atoms with Gasteiger partial charge in [-0.1, -0.05) is 0 Å². The number of aliphatic carboxylic acids is 1. The predicted molar refractivity (Wildman–Crippen MR) is 47.4 cm³/mol. The summed E-state index contributed by atoms with van der Waals surface area (Å²) in [7, 11) is -2.48. The van der Waals surface area contributed by atoms with Crippen LogP contribution < -0.4 is 4.72 Å². The van der Waals surface area contributed by atoms with Crippen molar-refractivity contribution in [2.45, 2.75) is 6.42 Å². The standard InChI is InChI=1S/C6H11N3O4S/c1-9(5-2-6(10)11)14(12,13)8-4-3-7/h8H,2,4-5H2,1H3,(H,10,11). The summed E-state index contributed by atoms with van der Waals surface area (Å²) in [6, 6.07) is 1.61. The number of rotatable bonds is 6. The fourth-order valence-corrected chi connectivity index (χ4v) is 1.41. The fourth-order valence-electron chi connectivity index (χ4n) is 0.607. The molecule has 0 unspecified atom stereocenters. The highest BCUT2D eigenvalue weighted by molar-refractivity contribution is 7.87. The van der Waals surface area contributed by atoms with E-state index in [1.807, 2.05) is 4.72 Å². The van der Waals surface area contributed by atoms with E-state index in [4.69, 9.17) is 10.4 Å². The number of nitrogens with zero attached hydrogens (tertiary/aromatic N) is 2. The molecule has 7 nitrogen and oxygen atoms in total. The lowest BCUT2D eigenvalue weighted by atomic mass is 10.4. The third-order valence-electron chi connectivity index (χ3n) is 1.38. The van der Waals surface area contributed by atoms with Gasteiger partial charge in [0.1, 0.15) is 0 Å². The minimum atomic E-state index is -3.72. The summed E-state index contributed by atoms with van der Waals surface area (Å²) in [5.74, 6) is -1.08. The van der Waals surface area contributed by atoms with Crippen LogP contribution in [0.2, 0.25) is 0 Å². The van der Waals surface area contributed by atoms with E-state index >= 15 is 0 Å². The Balaban J connectivity index is 4.16. The Morgan fingerprint density at radius 3 is 2.64 bits per heavy atom. The van der Waals surface area contributed by atoms with Gasteiger partial charge < -0.3 is 5.11 Å². The highest BCUT2D eigenvalue weighted by atomic mass is 32.2. The van der Waals surface area contributed by atoms with Crippen molar-refractivity contribution in [2.24, 2.45) is 0 Å². The molecule has 0 saturated carbocycles. The SMILES string of the molecule is CN(CCC(=O)O)S(=O)(=O)NCC#N. The number of carboxylic acids is 1. The molecule has 0 spiro atoms. The van der Waals surface area contributed by atoms with E-state index in [1.165, 1.54) is 7.05 Å². The summed E-state index contributed by atoms with van der Waals surface area (Å²) in [4.78, 5) is 10.2. The van der Waals surface area contributed by atoms with E-state index < -0.39 is 16.2 Å². The van der Waals surface area contributed by atoms with E-state index in [0.29, 0.717) is 0 Å². The first-order chi connectivity index (χ1) is 6.40. The third-order valence-corrected chi connectivity index (χ3v) is 2.90. The van der Waals surface area contributed by atoms with Gasteiger partial charge in [-0.25, -0.2) is 0 Å². The van der Waals surface area contributed by atoms with Crippen LogP contribution in [0.15, 0.2) is 0 Å². The van der Waals surface area contributed by atoms with Gasteiger partial charge in [0.05, 0.1) is 19.0 Å². The molecule has 0 aromatic carbocycles. The molecule has 0 heterocycles. The maximum atomic E-state index is 11.2. The number of carbonyl (C=O) groups is 1. The maximum Gasteiger partial charge on any atom is 0.304 e. The zero-order valence-electron chi connectivity index (χ0n) is 7.60. The summed E-state index contributed by atoms with van der Waals surface area (Å²) >= 11 is 0. The van der Waals surface area contributed by atoms with Gasteiger partial charge in [0, 0.05) is 13.6 Å². The smallest absolute Gasteiger partial charge is 0.304 e. The van der Waals surface area contributed by atoms with Gasteiger partial charge in [0.15, 0.2) is 0 Å². The van der Waals surface area contributed by atoms with Crippen molar-refractivity contribution >= 4 is 16.2 Å². The average molecular weight is 221 g/mol. The second-order valence-electron chi connectivity index (χ2n) is 2.45. The van der Waals surface area contributed by atoms with Crippen LogP contribution in [0, 0.1) is 11.3 Å². The summed E-state index contributed by atoms with van der Waals surface area (Å²) in [5, 5.41) is 16.4. The Bertz CT molecular complexity index is 331. The highest BCUT2D eigenvalue weighted by Gasteiger charge is 2.17. The Hall–Kier alpha value is -1.17. The van der Waals surface area contributed by atoms with Crippen LogP contribution in [0.25, 0.3) is 0 Å². The zero-order valence-corrected chi connectivity index (χ0v) is 8.41. The highest BCUT2D eigenvalue weighted by Crippen LogP contribution is 1.94. The molecule has 2 N–H and O–H groups in total. The minimum absolute atomic E-state index is 0.129. The molecule has 0 aliphatic rings. The fraction of sp³-hybridized carbons (Fsp3) is 0.667. The molecule has 0 atom stereocenters. The molecule has 0 fully saturated rings. The van der Waals surface area contributed by atoms with E-state index in [-0.39, 0.29) is 19.5 Å². The van der Waals surface area contributed by atoms with Crippen molar-refractivity contribution < 1.29 is 18.3 Å². The van der Waals surface area contributed by atoms with Crippen molar-refractivity contribution in [2.75, 3.05) is 20.1 Å². The van der Waals surface area contributed by atoms with E-state index in [1.54, 1.807) is 6.07 Å². The van der Waals surface area contributed by atoms with Gasteiger partial charge in [-0.2, -0.15) is 22.7 Å². The molecule has 0 aromatic heterocycles. The molecule has 0 aliphatic carbocycles. The summed E-state index contributed by atoms with van der Waals surface area (Å²) in [6.45, 7) is -0.462. The Labute approximate surface area is 82.1 Å². The molecule has 0 bridgehead atoms. The third kappa shape index (κ3) is 4.76. The van der Waals surface area contributed by atoms with Gasteiger partial charge in [0.25, 0.3) is 10.2 Å². The van der Waals surface area contributed by atoms with Gasteiger partial charge in [-0.15, -0.1) is 0 Å². The van der Waals surface area contributed by atoms with Crippen molar-refractivity contribution in [3.8, 4) is 6.07 Å². The van der Waals surface area contributed by atoms with Crippen LogP contribution in [0.3, 0.4) is 0 Å². The molecule has 14 heavy (non-hydrogen) atoms. The number of nitrogens with one attached hydrogen (secondary N) is 1. The van der Waals surface area contributed by atoms with Crippen LogP contribution in [0.4, 0.5) is 0 Å². The average Bonchev–Trinajstić information content (AvgIpc) is 2.10. The number of carboxylic acid groups (broad SMARTS) is 1. The number of nitriles is 1. The number of hydrogen-bond acceptors (Lipinski definition) is 4. The largest absolute Gasteiger partial charge is 0.481 e. The van der Waals surface area contributed by atoms with E-state index in [2.05, 4.69) is 0 Å². The lowest BCUT2D eigenvalue weighted by molar-refractivity contribution is -0.137. The van der Waals surface area contributed by atoms with Gasteiger partial charge >= 0.3 is 5.97 Å². The normalized spacial score (nSPS) is 11.2. The number of hydrogen-bond donors (Lipinski definition) is 2. The van der Waals surface area contributed by atoms with Crippen LogP contribution >= 0.6 is 0 Å². The first-order valence-corrected chi connectivity index (χ1v) is 5.14. The van der Waals surface area contributed by atoms with Crippen molar-refractivity contribution in [3.63, 3.8) is 0 Å². The monoisotopic (exact) mass is 221 g/mol. The molecule has 0 aliphatic heterocycles. The summed E-state index contributed by atoms with van der Waals surface area (Å²) in [6.07, 6.45) is -0.274. The van der Waals surface area contributed by atoms with Gasteiger partial charge in [0.2, 0.25) is 0 Å². The Morgan fingerprint density at radius 1 is 1.64 bits per heavy atom. The van der Waals surface area contributed by atoms with E-state index in [0.717, 1.165) is 4.31 Å². The Morgan fingerprint density at radius 2 is 2.21 bits per heavy atom. The minimum Gasteiger partial charge on any atom is -0.481 e. The van der Waals surface area contributed by atoms with Crippen molar-refractivity contribution in [3.05, 3.63) is 0 Å². The lowest BCUT2D eigenvalue weighted by Gasteiger charge is -2.14. The van der Waals surface area contributed by atoms with Gasteiger partial charge in [-0.3, -0.25) is 4.79 Å². The Kier molecular flexibility index (Phi) is 5.07. The molecular weight excluding hydrogens is 210 g/mol. The maximum absolute atomic E-state index is 11.2. The summed E-state index contributed by atoms with van der Waals surface area (Å²) in [5.41, 5.74) is 0. The quantitative estimate of drug-likeness (QED) is 0.544. The topological polar surface area (TPSA) is 110 Å². The lowest BCUT2D eigenvalue weighted by Crippen LogP contribution is -2.39. The van der Waals surface area contributed by atoms with Crippen LogP contribution in [0.1, 0.15) is 6.42 Å². The zero-order chi connectivity index (χ0) is 11.2. The summed E-state index contributed by atoms with van der Waals surface area (Å²) < 4.78 is 25.2.